The van der Waals surface area contributed by atoms with Gasteiger partial charge in [0.05, 0.1) is 12.8 Å². The molecule has 0 saturated heterocycles. The molecule has 1 amide bonds. The first-order valence-electron chi connectivity index (χ1n) is 9.05. The van der Waals surface area contributed by atoms with Gasteiger partial charge >= 0.3 is 0 Å². The van der Waals surface area contributed by atoms with Crippen LogP contribution in [0.4, 0.5) is 0 Å². The number of nitrogens with one attached hydrogen (secondary N) is 1. The zero-order valence-corrected chi connectivity index (χ0v) is 16.0. The monoisotopic (exact) mass is 361 g/mol. The van der Waals surface area contributed by atoms with Gasteiger partial charge in [0.25, 0.3) is 5.91 Å². The summed E-state index contributed by atoms with van der Waals surface area (Å²) in [7, 11) is 1.60. The number of rotatable bonds is 3. The number of carbonyl (C=O) groups is 1. The van der Waals surface area contributed by atoms with Crippen molar-refractivity contribution >= 4 is 5.91 Å². The van der Waals surface area contributed by atoms with Gasteiger partial charge in [0, 0.05) is 41.2 Å². The average Bonchev–Trinajstić information content (AvgIpc) is 3.10. The van der Waals surface area contributed by atoms with Gasteiger partial charge in [-0.25, -0.2) is 4.98 Å². The normalized spacial score (nSPS) is 11.9. The third-order valence-corrected chi connectivity index (χ3v) is 4.43. The summed E-state index contributed by atoms with van der Waals surface area (Å²) in [6, 6.07) is 13.8. The standard InChI is InChI=1S/C20H17N3O2.C2H6/c1-12-16(13-3-4-15-11-22-20(24)17(15)9-13)5-6-18(23-12)14-7-8-21-19(10-14)25-2;1-2/h3-10H,11H2,1-2H3,(H,22,24);1-2H3. The molecule has 5 nitrogen and oxygen atoms in total. The number of amides is 1. The Labute approximate surface area is 159 Å². The van der Waals surface area contributed by atoms with E-state index in [-0.39, 0.29) is 5.91 Å². The molecule has 27 heavy (non-hydrogen) atoms. The second kappa shape index (κ2) is 7.99. The van der Waals surface area contributed by atoms with Gasteiger partial charge in [0.15, 0.2) is 0 Å². The van der Waals surface area contributed by atoms with Crippen LogP contribution in [0, 0.1) is 6.92 Å². The van der Waals surface area contributed by atoms with E-state index in [1.165, 1.54) is 0 Å². The van der Waals surface area contributed by atoms with Gasteiger partial charge in [-0.05, 0) is 36.2 Å². The van der Waals surface area contributed by atoms with E-state index in [0.717, 1.165) is 39.2 Å². The Hall–Kier alpha value is -3.21. The van der Waals surface area contributed by atoms with Crippen molar-refractivity contribution in [2.24, 2.45) is 0 Å². The van der Waals surface area contributed by atoms with Gasteiger partial charge < -0.3 is 10.1 Å². The van der Waals surface area contributed by atoms with Crippen molar-refractivity contribution in [1.82, 2.24) is 15.3 Å². The van der Waals surface area contributed by atoms with Gasteiger partial charge in [0.2, 0.25) is 5.88 Å². The lowest BCUT2D eigenvalue weighted by Crippen LogP contribution is -2.12. The molecule has 5 heteroatoms. The van der Waals surface area contributed by atoms with E-state index >= 15 is 0 Å². The number of fused-ring (bicyclic) bond motifs is 1. The summed E-state index contributed by atoms with van der Waals surface area (Å²) in [6.45, 7) is 6.58. The van der Waals surface area contributed by atoms with Crippen molar-refractivity contribution in [2.45, 2.75) is 27.3 Å². The Kier molecular flexibility index (Phi) is 5.50. The van der Waals surface area contributed by atoms with Crippen molar-refractivity contribution < 1.29 is 9.53 Å². The highest BCUT2D eigenvalue weighted by Crippen LogP contribution is 2.29. The summed E-state index contributed by atoms with van der Waals surface area (Å²) >= 11 is 0. The maximum Gasteiger partial charge on any atom is 0.251 e. The molecular weight excluding hydrogens is 338 g/mol. The molecule has 0 unspecified atom stereocenters. The van der Waals surface area contributed by atoms with Crippen molar-refractivity contribution in [3.63, 3.8) is 0 Å². The number of carbonyl (C=O) groups excluding carboxylic acids is 1. The first-order valence-corrected chi connectivity index (χ1v) is 9.05. The Balaban J connectivity index is 0.00000102. The van der Waals surface area contributed by atoms with Gasteiger partial charge in [-0.15, -0.1) is 0 Å². The van der Waals surface area contributed by atoms with Crippen LogP contribution in [0.5, 0.6) is 5.88 Å². The van der Waals surface area contributed by atoms with E-state index < -0.39 is 0 Å². The molecule has 0 spiro atoms. The first kappa shape index (κ1) is 18.6. The number of hydrogen-bond donors (Lipinski definition) is 1. The van der Waals surface area contributed by atoms with Crippen molar-refractivity contribution in [3.8, 4) is 28.3 Å². The van der Waals surface area contributed by atoms with Crippen LogP contribution in [-0.4, -0.2) is 23.0 Å². The fraction of sp³-hybridized carbons (Fsp3) is 0.227. The maximum atomic E-state index is 11.9. The maximum absolute atomic E-state index is 11.9. The Morgan fingerprint density at radius 3 is 2.56 bits per heavy atom. The van der Waals surface area contributed by atoms with Crippen LogP contribution >= 0.6 is 0 Å². The molecule has 1 N–H and O–H groups in total. The SMILES string of the molecule is CC.COc1cc(-c2ccc(-c3ccc4c(c3)C(=O)NC4)c(C)n2)ccn1. The predicted octanol–water partition coefficient (Wildman–Crippen LogP) is 4.40. The molecular formula is C22H23N3O2. The van der Waals surface area contributed by atoms with Crippen LogP contribution < -0.4 is 10.1 Å². The number of nitrogens with zero attached hydrogens (tertiary/aromatic N) is 2. The van der Waals surface area contributed by atoms with Crippen LogP contribution in [0.15, 0.2) is 48.7 Å². The summed E-state index contributed by atoms with van der Waals surface area (Å²) in [5, 5.41) is 2.85. The summed E-state index contributed by atoms with van der Waals surface area (Å²) in [5.41, 5.74) is 6.54. The molecule has 1 aliphatic rings. The molecule has 1 aliphatic heterocycles. The van der Waals surface area contributed by atoms with Gasteiger partial charge in [-0.2, -0.15) is 0 Å². The summed E-state index contributed by atoms with van der Waals surface area (Å²) in [4.78, 5) is 20.7. The van der Waals surface area contributed by atoms with E-state index in [4.69, 9.17) is 9.72 Å². The molecule has 0 saturated carbocycles. The molecule has 138 valence electrons. The molecule has 0 radical (unpaired) electrons. The average molecular weight is 361 g/mol. The van der Waals surface area contributed by atoms with Crippen LogP contribution in [0.3, 0.4) is 0 Å². The van der Waals surface area contributed by atoms with Crippen molar-refractivity contribution in [1.29, 1.82) is 0 Å². The zero-order chi connectivity index (χ0) is 19.4. The minimum Gasteiger partial charge on any atom is -0.481 e. The van der Waals surface area contributed by atoms with Crippen molar-refractivity contribution in [3.05, 3.63) is 65.5 Å². The summed E-state index contributed by atoms with van der Waals surface area (Å²) < 4.78 is 5.18. The second-order valence-electron chi connectivity index (χ2n) is 5.97. The van der Waals surface area contributed by atoms with E-state index in [0.29, 0.717) is 12.4 Å². The molecule has 0 atom stereocenters. The van der Waals surface area contributed by atoms with Gasteiger partial charge in [-0.3, -0.25) is 9.78 Å². The molecule has 0 fully saturated rings. The summed E-state index contributed by atoms with van der Waals surface area (Å²) in [5.74, 6) is 0.550. The fourth-order valence-corrected chi connectivity index (χ4v) is 3.09. The van der Waals surface area contributed by atoms with E-state index in [1.54, 1.807) is 13.3 Å². The zero-order valence-electron chi connectivity index (χ0n) is 16.0. The number of methoxy groups -OCH3 is 1. The molecule has 2 aromatic heterocycles. The predicted molar refractivity (Wildman–Crippen MR) is 107 cm³/mol. The van der Waals surface area contributed by atoms with Crippen LogP contribution in [0.1, 0.15) is 35.5 Å². The third-order valence-electron chi connectivity index (χ3n) is 4.43. The fourth-order valence-electron chi connectivity index (χ4n) is 3.09. The van der Waals surface area contributed by atoms with Gasteiger partial charge in [-0.1, -0.05) is 32.0 Å². The van der Waals surface area contributed by atoms with Crippen LogP contribution in [-0.2, 0) is 6.54 Å². The highest BCUT2D eigenvalue weighted by Gasteiger charge is 2.19. The molecule has 3 aromatic rings. The van der Waals surface area contributed by atoms with E-state index in [2.05, 4.69) is 10.3 Å². The van der Waals surface area contributed by atoms with Crippen LogP contribution in [0.25, 0.3) is 22.4 Å². The van der Waals surface area contributed by atoms with E-state index in [9.17, 15) is 4.79 Å². The Morgan fingerprint density at radius 1 is 1.00 bits per heavy atom. The molecule has 1 aromatic carbocycles. The largest absolute Gasteiger partial charge is 0.481 e. The van der Waals surface area contributed by atoms with E-state index in [1.807, 2.05) is 63.2 Å². The lowest BCUT2D eigenvalue weighted by molar-refractivity contribution is 0.0966. The molecule has 4 rings (SSSR count). The minimum atomic E-state index is -0.0111. The number of benzene rings is 1. The third kappa shape index (κ3) is 3.67. The quantitative estimate of drug-likeness (QED) is 0.751. The highest BCUT2D eigenvalue weighted by atomic mass is 16.5. The van der Waals surface area contributed by atoms with Gasteiger partial charge in [0.1, 0.15) is 0 Å². The highest BCUT2D eigenvalue weighted by molar-refractivity contribution is 5.99. The lowest BCUT2D eigenvalue weighted by atomic mass is 9.98. The Bertz CT molecular complexity index is 983. The smallest absolute Gasteiger partial charge is 0.251 e. The summed E-state index contributed by atoms with van der Waals surface area (Å²) in [6.07, 6.45) is 1.71. The Morgan fingerprint density at radius 2 is 1.81 bits per heavy atom. The second-order valence-corrected chi connectivity index (χ2v) is 5.97. The molecule has 0 aliphatic carbocycles. The first-order chi connectivity index (χ1) is 13.2. The molecule has 3 heterocycles. The molecule has 0 bridgehead atoms. The van der Waals surface area contributed by atoms with Crippen LogP contribution in [0.2, 0.25) is 0 Å². The minimum absolute atomic E-state index is 0.0111. The number of pyridine rings is 2. The topological polar surface area (TPSA) is 64.1 Å². The number of aryl methyl sites for hydroxylation is 1. The lowest BCUT2D eigenvalue weighted by Gasteiger charge is -2.10. The number of hydrogen-bond acceptors (Lipinski definition) is 4. The number of aromatic nitrogens is 2. The number of ether oxygens (including phenoxy) is 1. The van der Waals surface area contributed by atoms with Crippen molar-refractivity contribution in [2.75, 3.05) is 7.11 Å².